The van der Waals surface area contributed by atoms with Crippen LogP contribution in [0.25, 0.3) is 22.3 Å². The summed E-state index contributed by atoms with van der Waals surface area (Å²) in [6.45, 7) is 3.37. The van der Waals surface area contributed by atoms with E-state index in [2.05, 4.69) is 174 Å². The van der Waals surface area contributed by atoms with Crippen molar-refractivity contribution in [2.24, 2.45) is 0 Å². The lowest BCUT2D eigenvalue weighted by Crippen LogP contribution is -2.27. The van der Waals surface area contributed by atoms with Gasteiger partial charge in [-0.05, 0) is 46.9 Å². The van der Waals surface area contributed by atoms with Crippen LogP contribution in [-0.4, -0.2) is 35.0 Å². The molecule has 250 valence electrons. The molecule has 52 heavy (non-hydrogen) atoms. The minimum Gasteiger partial charge on any atom is -0.435 e. The Balaban J connectivity index is 0.000000145. The van der Waals surface area contributed by atoms with Crippen LogP contribution in [0.3, 0.4) is 0 Å². The van der Waals surface area contributed by atoms with E-state index in [0.717, 1.165) is 39.6 Å². The SMILES string of the molecule is C1=[N+](c2ccccc2)COc2c1cccc2-c1ccccc1.CC1(c2cccc3c2OC[N+](c2ccccc2)=C3)c2ccccc2-c2ccccc21. The smallest absolute Gasteiger partial charge is 0.292 e. The average molecular weight is 675 g/mol. The topological polar surface area (TPSA) is 24.5 Å². The molecule has 10 rings (SSSR count). The molecule has 1 aliphatic carbocycles. The predicted octanol–water partition coefficient (Wildman–Crippen LogP) is 10.6. The molecule has 2 aliphatic heterocycles. The third kappa shape index (κ3) is 5.50. The monoisotopic (exact) mass is 674 g/mol. The number of benzene rings is 7. The molecule has 0 bridgehead atoms. The molecule has 0 fully saturated rings. The molecular weight excluding hydrogens is 637 g/mol. The molecule has 4 heteroatoms. The second-order valence-electron chi connectivity index (χ2n) is 13.4. The van der Waals surface area contributed by atoms with Crippen LogP contribution >= 0.6 is 0 Å². The zero-order valence-electron chi connectivity index (χ0n) is 29.0. The third-order valence-electron chi connectivity index (χ3n) is 10.4. The van der Waals surface area contributed by atoms with Crippen LogP contribution in [0, 0.1) is 0 Å². The molecule has 0 N–H and O–H groups in total. The standard InChI is InChI=1S/C28H22NO.C20H16NO/c1-28(24-15-7-5-13-22(24)23-14-6-8-16-25(23)28)26-17-9-10-20-18-29(19-30-27(20)26)21-11-3-2-4-12-21;1-3-8-16(9-4-1)19-13-7-10-17-14-21(15-22-20(17)19)18-11-5-2-6-12-18/h2-18H,19H2,1H3;1-14H,15H2/q2*+1. The molecule has 7 aromatic carbocycles. The van der Waals surface area contributed by atoms with Crippen molar-refractivity contribution in [3.05, 3.63) is 204 Å². The molecule has 0 radical (unpaired) electrons. The van der Waals surface area contributed by atoms with Gasteiger partial charge in [-0.2, -0.15) is 9.15 Å². The lowest BCUT2D eigenvalue weighted by atomic mass is 9.73. The molecule has 0 spiro atoms. The summed E-state index contributed by atoms with van der Waals surface area (Å²) < 4.78 is 16.8. The highest BCUT2D eigenvalue weighted by Crippen LogP contribution is 2.54. The van der Waals surface area contributed by atoms with Crippen LogP contribution in [0.4, 0.5) is 11.4 Å². The van der Waals surface area contributed by atoms with Crippen LogP contribution in [0.2, 0.25) is 0 Å². The first-order valence-corrected chi connectivity index (χ1v) is 17.8. The van der Waals surface area contributed by atoms with Crippen LogP contribution < -0.4 is 9.47 Å². The predicted molar refractivity (Wildman–Crippen MR) is 210 cm³/mol. The van der Waals surface area contributed by atoms with E-state index in [-0.39, 0.29) is 5.41 Å². The second kappa shape index (κ2) is 13.3. The highest BCUT2D eigenvalue weighted by molar-refractivity contribution is 5.88. The maximum Gasteiger partial charge on any atom is 0.292 e. The average Bonchev–Trinajstić information content (AvgIpc) is 3.49. The van der Waals surface area contributed by atoms with Gasteiger partial charge in [-0.25, -0.2) is 0 Å². The second-order valence-corrected chi connectivity index (χ2v) is 13.4. The van der Waals surface area contributed by atoms with Crippen LogP contribution in [0.15, 0.2) is 176 Å². The number of hydrogen-bond donors (Lipinski definition) is 0. The summed E-state index contributed by atoms with van der Waals surface area (Å²) in [5.41, 5.74) is 13.1. The number of hydrogen-bond acceptors (Lipinski definition) is 2. The zero-order chi connectivity index (χ0) is 34.9. The maximum atomic E-state index is 6.42. The molecule has 0 amide bonds. The molecular formula is C48H38N2O2+2. The Morgan fingerprint density at radius 2 is 0.827 bits per heavy atom. The fourth-order valence-corrected chi connectivity index (χ4v) is 7.83. The molecule has 0 aromatic heterocycles. The van der Waals surface area contributed by atoms with Crippen LogP contribution in [0.1, 0.15) is 34.7 Å². The highest BCUT2D eigenvalue weighted by Gasteiger charge is 2.43. The Morgan fingerprint density at radius 1 is 0.404 bits per heavy atom. The van der Waals surface area contributed by atoms with Gasteiger partial charge in [0.05, 0.1) is 11.1 Å². The van der Waals surface area contributed by atoms with Crippen LogP contribution in [-0.2, 0) is 5.41 Å². The van der Waals surface area contributed by atoms with Crippen molar-refractivity contribution in [3.8, 4) is 33.8 Å². The van der Waals surface area contributed by atoms with Crippen molar-refractivity contribution < 1.29 is 18.6 Å². The van der Waals surface area contributed by atoms with Gasteiger partial charge in [0.15, 0.2) is 12.4 Å². The summed E-state index contributed by atoms with van der Waals surface area (Å²) in [6, 6.07) is 61.4. The number of fused-ring (bicyclic) bond motifs is 5. The molecule has 0 atom stereocenters. The number of nitrogens with zero attached hydrogens (tertiary/aromatic N) is 2. The van der Waals surface area contributed by atoms with E-state index in [1.807, 2.05) is 30.3 Å². The first kappa shape index (κ1) is 31.5. The van der Waals surface area contributed by atoms with Crippen LogP contribution in [0.5, 0.6) is 11.5 Å². The molecule has 0 saturated heterocycles. The lowest BCUT2D eigenvalue weighted by Gasteiger charge is -2.31. The van der Waals surface area contributed by atoms with Gasteiger partial charge >= 0.3 is 0 Å². The fourth-order valence-electron chi connectivity index (χ4n) is 7.83. The van der Waals surface area contributed by atoms with E-state index in [9.17, 15) is 0 Å². The van der Waals surface area contributed by atoms with E-state index in [1.54, 1.807) is 0 Å². The van der Waals surface area contributed by atoms with Gasteiger partial charge in [-0.15, -0.1) is 0 Å². The molecule has 7 aromatic rings. The minimum absolute atomic E-state index is 0.249. The van der Waals surface area contributed by atoms with Crippen molar-refractivity contribution in [2.75, 3.05) is 13.5 Å². The summed E-state index contributed by atoms with van der Waals surface area (Å²) in [6.07, 6.45) is 4.36. The Bertz CT molecular complexity index is 2420. The van der Waals surface area contributed by atoms with Gasteiger partial charge in [-0.3, -0.25) is 0 Å². The number of ether oxygens (including phenoxy) is 2. The van der Waals surface area contributed by atoms with E-state index in [4.69, 9.17) is 9.47 Å². The van der Waals surface area contributed by atoms with Gasteiger partial charge in [0, 0.05) is 40.8 Å². The van der Waals surface area contributed by atoms with E-state index < -0.39 is 0 Å². The van der Waals surface area contributed by atoms with E-state index in [1.165, 1.54) is 33.4 Å². The Labute approximate surface area is 304 Å². The summed E-state index contributed by atoms with van der Waals surface area (Å²) in [7, 11) is 0. The van der Waals surface area contributed by atoms with Crippen molar-refractivity contribution in [1.29, 1.82) is 0 Å². The van der Waals surface area contributed by atoms with Crippen molar-refractivity contribution in [1.82, 2.24) is 0 Å². The Kier molecular flexibility index (Phi) is 8.05. The third-order valence-corrected chi connectivity index (χ3v) is 10.4. The quantitative estimate of drug-likeness (QED) is 0.174. The Hall–Kier alpha value is -6.52. The van der Waals surface area contributed by atoms with Gasteiger partial charge in [-0.1, -0.05) is 140 Å². The van der Waals surface area contributed by atoms with Gasteiger partial charge in [0.2, 0.25) is 11.4 Å². The Morgan fingerprint density at radius 3 is 1.40 bits per heavy atom. The summed E-state index contributed by atoms with van der Waals surface area (Å²) in [4.78, 5) is 0. The molecule has 2 heterocycles. The number of rotatable bonds is 4. The summed E-state index contributed by atoms with van der Waals surface area (Å²) >= 11 is 0. The molecule has 0 unspecified atom stereocenters. The van der Waals surface area contributed by atoms with Crippen molar-refractivity contribution in [2.45, 2.75) is 12.3 Å². The fraction of sp³-hybridized carbons (Fsp3) is 0.0833. The first-order chi connectivity index (χ1) is 25.7. The zero-order valence-corrected chi connectivity index (χ0v) is 29.0. The first-order valence-electron chi connectivity index (χ1n) is 17.8. The minimum atomic E-state index is -0.249. The summed E-state index contributed by atoms with van der Waals surface area (Å²) in [5, 5.41) is 0. The highest BCUT2D eigenvalue weighted by atomic mass is 16.5. The largest absolute Gasteiger partial charge is 0.435 e. The van der Waals surface area contributed by atoms with Gasteiger partial charge < -0.3 is 9.47 Å². The number of para-hydroxylation sites is 4. The van der Waals surface area contributed by atoms with Crippen molar-refractivity contribution >= 4 is 23.8 Å². The lowest BCUT2D eigenvalue weighted by molar-refractivity contribution is -0.476. The molecule has 4 nitrogen and oxygen atoms in total. The van der Waals surface area contributed by atoms with Gasteiger partial charge in [0.1, 0.15) is 11.5 Å². The van der Waals surface area contributed by atoms with E-state index in [0.29, 0.717) is 13.5 Å². The van der Waals surface area contributed by atoms with Gasteiger partial charge in [0.25, 0.3) is 13.5 Å². The van der Waals surface area contributed by atoms with Crippen molar-refractivity contribution in [3.63, 3.8) is 0 Å². The molecule has 3 aliphatic rings. The van der Waals surface area contributed by atoms with E-state index >= 15 is 0 Å². The molecule has 0 saturated carbocycles. The summed E-state index contributed by atoms with van der Waals surface area (Å²) in [5.74, 6) is 1.94. The normalized spacial score (nSPS) is 14.4. The maximum absolute atomic E-state index is 6.42.